The first-order chi connectivity index (χ1) is 13.0. The molecule has 2 rings (SSSR count). The highest BCUT2D eigenvalue weighted by atomic mass is 32.2. The van der Waals surface area contributed by atoms with E-state index in [1.54, 1.807) is 30.3 Å². The average Bonchev–Trinajstić information content (AvgIpc) is 2.68. The molecule has 1 N–H and O–H groups in total. The van der Waals surface area contributed by atoms with Crippen molar-refractivity contribution in [1.29, 1.82) is 0 Å². The maximum atomic E-state index is 12.5. The summed E-state index contributed by atoms with van der Waals surface area (Å²) in [5, 5.41) is 2.84. The first kappa shape index (κ1) is 20.9. The van der Waals surface area contributed by atoms with Gasteiger partial charge in [0.1, 0.15) is 0 Å². The fourth-order valence-electron chi connectivity index (χ4n) is 2.67. The summed E-state index contributed by atoms with van der Waals surface area (Å²) in [6.07, 6.45) is 3.91. The van der Waals surface area contributed by atoms with E-state index in [0.29, 0.717) is 19.6 Å². The number of amides is 1. The van der Waals surface area contributed by atoms with Crippen molar-refractivity contribution in [2.24, 2.45) is 0 Å². The molecule has 0 radical (unpaired) electrons. The summed E-state index contributed by atoms with van der Waals surface area (Å²) in [7, 11) is -3.46. The van der Waals surface area contributed by atoms with E-state index in [0.717, 1.165) is 12.0 Å². The zero-order valence-corrected chi connectivity index (χ0v) is 16.6. The number of nitrogens with one attached hydrogen (secondary N) is 1. The van der Waals surface area contributed by atoms with Crippen molar-refractivity contribution >= 4 is 22.0 Å². The molecule has 5 nitrogen and oxygen atoms in total. The van der Waals surface area contributed by atoms with E-state index in [-0.39, 0.29) is 10.8 Å². The summed E-state index contributed by atoms with van der Waals surface area (Å²) in [5.74, 6) is -0.175. The molecule has 1 amide bonds. The predicted octanol–water partition coefficient (Wildman–Crippen LogP) is 3.09. The van der Waals surface area contributed by atoms with E-state index in [1.165, 1.54) is 15.9 Å². The van der Waals surface area contributed by atoms with E-state index < -0.39 is 10.0 Å². The maximum Gasteiger partial charge on any atom is 0.244 e. The van der Waals surface area contributed by atoms with Gasteiger partial charge in [0.2, 0.25) is 15.9 Å². The molecule has 27 heavy (non-hydrogen) atoms. The molecule has 0 heterocycles. The predicted molar refractivity (Wildman–Crippen MR) is 109 cm³/mol. The zero-order valence-electron chi connectivity index (χ0n) is 15.8. The molecule has 0 aliphatic carbocycles. The third-order valence-corrected chi connectivity index (χ3v) is 6.27. The molecule has 0 fully saturated rings. The van der Waals surface area contributed by atoms with Crippen molar-refractivity contribution < 1.29 is 13.2 Å². The molecule has 2 aromatic rings. The van der Waals surface area contributed by atoms with Crippen LogP contribution in [0.4, 0.5) is 0 Å². The lowest BCUT2D eigenvalue weighted by molar-refractivity contribution is -0.116. The highest BCUT2D eigenvalue weighted by Crippen LogP contribution is 2.16. The molecule has 0 saturated heterocycles. The Labute approximate surface area is 161 Å². The number of carbonyl (C=O) groups is 1. The van der Waals surface area contributed by atoms with Gasteiger partial charge in [-0.25, -0.2) is 8.42 Å². The Kier molecular flexibility index (Phi) is 7.76. The topological polar surface area (TPSA) is 66.5 Å². The molecule has 0 aliphatic rings. The monoisotopic (exact) mass is 386 g/mol. The molecule has 0 bridgehead atoms. The molecular formula is C21H26N2O3S. The number of rotatable bonds is 9. The van der Waals surface area contributed by atoms with Crippen LogP contribution < -0.4 is 5.32 Å². The van der Waals surface area contributed by atoms with Crippen molar-refractivity contribution in [3.8, 4) is 0 Å². The number of hydrogen-bond donors (Lipinski definition) is 1. The highest BCUT2D eigenvalue weighted by molar-refractivity contribution is 7.89. The van der Waals surface area contributed by atoms with E-state index >= 15 is 0 Å². The number of sulfonamides is 1. The van der Waals surface area contributed by atoms with Crippen LogP contribution in [0.25, 0.3) is 6.08 Å². The van der Waals surface area contributed by atoms with Crippen LogP contribution in [-0.2, 0) is 21.2 Å². The van der Waals surface area contributed by atoms with Crippen LogP contribution in [0, 0.1) is 0 Å². The molecule has 0 saturated carbocycles. The number of nitrogens with zero attached hydrogens (tertiary/aromatic N) is 1. The standard InChI is InChI=1S/C21H26N2O3S/c1-3-23(4-2)27(25,26)20-13-10-19(11-14-20)12-15-21(24)22-17-16-18-8-6-5-7-9-18/h5-15H,3-4,16-17H2,1-2H3,(H,22,24). The molecule has 0 spiro atoms. The fourth-order valence-corrected chi connectivity index (χ4v) is 4.13. The summed E-state index contributed by atoms with van der Waals surface area (Å²) in [4.78, 5) is 12.2. The minimum Gasteiger partial charge on any atom is -0.352 e. The lowest BCUT2D eigenvalue weighted by atomic mass is 10.1. The number of carbonyl (C=O) groups excluding carboxylic acids is 1. The zero-order chi connectivity index (χ0) is 19.7. The summed E-state index contributed by atoms with van der Waals surface area (Å²) in [6, 6.07) is 16.5. The molecule has 2 aromatic carbocycles. The number of benzene rings is 2. The van der Waals surface area contributed by atoms with Gasteiger partial charge in [-0.05, 0) is 35.8 Å². The summed E-state index contributed by atoms with van der Waals surface area (Å²) < 4.78 is 26.3. The van der Waals surface area contributed by atoms with Gasteiger partial charge in [0.15, 0.2) is 0 Å². The van der Waals surface area contributed by atoms with Gasteiger partial charge >= 0.3 is 0 Å². The molecule has 0 aromatic heterocycles. The van der Waals surface area contributed by atoms with Crippen LogP contribution >= 0.6 is 0 Å². The molecule has 6 heteroatoms. The van der Waals surface area contributed by atoms with Crippen molar-refractivity contribution in [2.75, 3.05) is 19.6 Å². The molecule has 144 valence electrons. The Bertz CT molecular complexity index is 856. The second-order valence-electron chi connectivity index (χ2n) is 6.02. The van der Waals surface area contributed by atoms with Gasteiger partial charge < -0.3 is 5.32 Å². The minimum absolute atomic E-state index is 0.175. The SMILES string of the molecule is CCN(CC)S(=O)(=O)c1ccc(C=CC(=O)NCCc2ccccc2)cc1. The highest BCUT2D eigenvalue weighted by Gasteiger charge is 2.20. The normalized spacial score (nSPS) is 11.8. The summed E-state index contributed by atoms with van der Waals surface area (Å²) in [6.45, 7) is 5.06. The van der Waals surface area contributed by atoms with E-state index in [9.17, 15) is 13.2 Å². The third kappa shape index (κ3) is 6.05. The second kappa shape index (κ2) is 10.0. The maximum absolute atomic E-state index is 12.5. The van der Waals surface area contributed by atoms with Crippen LogP contribution in [0.2, 0.25) is 0 Å². The van der Waals surface area contributed by atoms with Gasteiger partial charge in [0.05, 0.1) is 4.90 Å². The van der Waals surface area contributed by atoms with Crippen LogP contribution in [-0.4, -0.2) is 38.3 Å². The third-order valence-electron chi connectivity index (χ3n) is 4.21. The van der Waals surface area contributed by atoms with E-state index in [2.05, 4.69) is 5.32 Å². The first-order valence-corrected chi connectivity index (χ1v) is 10.5. The first-order valence-electron chi connectivity index (χ1n) is 9.07. The lowest BCUT2D eigenvalue weighted by Gasteiger charge is -2.18. The van der Waals surface area contributed by atoms with Crippen molar-refractivity contribution in [2.45, 2.75) is 25.2 Å². The Hall–Kier alpha value is -2.44. The Morgan fingerprint density at radius 2 is 1.63 bits per heavy atom. The van der Waals surface area contributed by atoms with Crippen LogP contribution in [0.15, 0.2) is 65.6 Å². The summed E-state index contributed by atoms with van der Waals surface area (Å²) in [5.41, 5.74) is 1.94. The molecule has 0 aliphatic heterocycles. The van der Waals surface area contributed by atoms with Gasteiger partial charge in [-0.2, -0.15) is 4.31 Å². The van der Waals surface area contributed by atoms with Gasteiger partial charge in [-0.3, -0.25) is 4.79 Å². The van der Waals surface area contributed by atoms with Crippen LogP contribution in [0.5, 0.6) is 0 Å². The lowest BCUT2D eigenvalue weighted by Crippen LogP contribution is -2.30. The molecular weight excluding hydrogens is 360 g/mol. The van der Waals surface area contributed by atoms with Crippen molar-refractivity contribution in [3.63, 3.8) is 0 Å². The largest absolute Gasteiger partial charge is 0.352 e. The van der Waals surface area contributed by atoms with Gasteiger partial charge in [-0.15, -0.1) is 0 Å². The molecule has 0 atom stereocenters. The van der Waals surface area contributed by atoms with Crippen molar-refractivity contribution in [3.05, 3.63) is 71.8 Å². The Morgan fingerprint density at radius 3 is 2.22 bits per heavy atom. The fraction of sp³-hybridized carbons (Fsp3) is 0.286. The van der Waals surface area contributed by atoms with Crippen LogP contribution in [0.3, 0.4) is 0 Å². The van der Waals surface area contributed by atoms with Crippen LogP contribution in [0.1, 0.15) is 25.0 Å². The Morgan fingerprint density at radius 1 is 1.00 bits per heavy atom. The number of hydrogen-bond acceptors (Lipinski definition) is 3. The van der Waals surface area contributed by atoms with Gasteiger partial charge in [-0.1, -0.05) is 56.3 Å². The quantitative estimate of drug-likeness (QED) is 0.674. The second-order valence-corrected chi connectivity index (χ2v) is 7.96. The van der Waals surface area contributed by atoms with Crippen molar-refractivity contribution in [1.82, 2.24) is 9.62 Å². The smallest absolute Gasteiger partial charge is 0.244 e. The average molecular weight is 387 g/mol. The van der Waals surface area contributed by atoms with E-state index in [4.69, 9.17) is 0 Å². The summed E-state index contributed by atoms with van der Waals surface area (Å²) >= 11 is 0. The van der Waals surface area contributed by atoms with Gasteiger partial charge in [0.25, 0.3) is 0 Å². The van der Waals surface area contributed by atoms with Gasteiger partial charge in [0, 0.05) is 25.7 Å². The van der Waals surface area contributed by atoms with E-state index in [1.807, 2.05) is 44.2 Å². The Balaban J connectivity index is 1.90. The minimum atomic E-state index is -3.46. The molecule has 0 unspecified atom stereocenters.